The first-order chi connectivity index (χ1) is 8.80. The molecule has 1 fully saturated rings. The van der Waals surface area contributed by atoms with Crippen molar-refractivity contribution in [2.75, 3.05) is 0 Å². The van der Waals surface area contributed by atoms with E-state index in [0.717, 1.165) is 0 Å². The molecule has 4 atom stereocenters. The number of carboxylic acids is 1. The minimum absolute atomic E-state index is 0.0522. The number of aliphatic hydroxyl groups excluding tert-OH is 1. The SMILES string of the molecule is BNBCC1OC(C)(C(=O)O)CC(O)C1NC(C)=O. The van der Waals surface area contributed by atoms with Crippen molar-refractivity contribution in [1.82, 2.24) is 10.5 Å². The lowest BCUT2D eigenvalue weighted by Crippen LogP contribution is -2.62. The van der Waals surface area contributed by atoms with E-state index in [2.05, 4.69) is 10.5 Å². The molecule has 1 saturated heterocycles. The zero-order chi connectivity index (χ0) is 14.6. The molecule has 1 aliphatic heterocycles. The van der Waals surface area contributed by atoms with E-state index in [1.165, 1.54) is 13.8 Å². The van der Waals surface area contributed by atoms with Crippen molar-refractivity contribution >= 4 is 27.3 Å². The zero-order valence-corrected chi connectivity index (χ0v) is 11.5. The standard InChI is InChI=1S/C10H20B2N2O5/c1-5(15)13-8-6(16)3-10(2,9(17)18)19-7(8)4-12-14-11/h6-8,12,14,16H,3-4,11H2,1-2H3,(H,13,15)(H,17,18). The molecule has 106 valence electrons. The lowest BCUT2D eigenvalue weighted by molar-refractivity contribution is -0.195. The zero-order valence-electron chi connectivity index (χ0n) is 11.5. The van der Waals surface area contributed by atoms with Gasteiger partial charge in [-0.1, -0.05) is 0 Å². The van der Waals surface area contributed by atoms with E-state index in [9.17, 15) is 19.8 Å². The number of amides is 1. The van der Waals surface area contributed by atoms with Gasteiger partial charge in [0.15, 0.2) is 21.0 Å². The summed E-state index contributed by atoms with van der Waals surface area (Å²) in [5, 5.41) is 24.9. The summed E-state index contributed by atoms with van der Waals surface area (Å²) in [6.45, 7) is 2.79. The summed E-state index contributed by atoms with van der Waals surface area (Å²) in [5.41, 5.74) is -1.42. The van der Waals surface area contributed by atoms with Gasteiger partial charge in [-0.15, -0.1) is 0 Å². The summed E-state index contributed by atoms with van der Waals surface area (Å²) in [6, 6.07) is -0.585. The minimum Gasteiger partial charge on any atom is -0.479 e. The van der Waals surface area contributed by atoms with E-state index in [4.69, 9.17) is 4.74 Å². The number of rotatable bonds is 5. The topological polar surface area (TPSA) is 108 Å². The Hall–Kier alpha value is -1.05. The minimum atomic E-state index is -1.42. The van der Waals surface area contributed by atoms with Crippen molar-refractivity contribution in [3.05, 3.63) is 0 Å². The Bertz CT molecular complexity index is 357. The summed E-state index contributed by atoms with van der Waals surface area (Å²) in [6.07, 6.45) is -1.04. The molecule has 0 aromatic carbocycles. The number of carbonyl (C=O) groups is 2. The Balaban J connectivity index is 2.86. The Morgan fingerprint density at radius 1 is 1.58 bits per heavy atom. The molecular formula is C10H20B2N2O5. The van der Waals surface area contributed by atoms with Crippen LogP contribution in [-0.4, -0.2) is 61.3 Å². The van der Waals surface area contributed by atoms with Gasteiger partial charge in [-0.25, -0.2) is 4.79 Å². The van der Waals surface area contributed by atoms with Crippen LogP contribution >= 0.6 is 0 Å². The fourth-order valence-electron chi connectivity index (χ4n) is 2.32. The molecule has 1 aliphatic rings. The first-order valence-electron chi connectivity index (χ1n) is 6.31. The fourth-order valence-corrected chi connectivity index (χ4v) is 2.32. The van der Waals surface area contributed by atoms with Crippen LogP contribution in [0.25, 0.3) is 0 Å². The van der Waals surface area contributed by atoms with Gasteiger partial charge in [-0.05, 0) is 13.2 Å². The molecule has 4 N–H and O–H groups in total. The van der Waals surface area contributed by atoms with Gasteiger partial charge in [0.1, 0.15) is 0 Å². The molecule has 0 radical (unpaired) electrons. The number of hydrogen-bond acceptors (Lipinski definition) is 5. The van der Waals surface area contributed by atoms with Crippen molar-refractivity contribution in [3.8, 4) is 0 Å². The maximum absolute atomic E-state index is 11.2. The highest BCUT2D eigenvalue weighted by molar-refractivity contribution is 6.42. The van der Waals surface area contributed by atoms with E-state index in [0.29, 0.717) is 13.7 Å². The molecule has 1 rings (SSSR count). The van der Waals surface area contributed by atoms with Crippen LogP contribution in [0.15, 0.2) is 0 Å². The van der Waals surface area contributed by atoms with Crippen LogP contribution in [0.1, 0.15) is 20.3 Å². The molecule has 0 spiro atoms. The lowest BCUT2D eigenvalue weighted by Gasteiger charge is -2.43. The van der Waals surface area contributed by atoms with Crippen molar-refractivity contribution in [2.45, 2.75) is 50.4 Å². The number of aliphatic hydroxyl groups is 1. The van der Waals surface area contributed by atoms with Crippen LogP contribution < -0.4 is 10.5 Å². The van der Waals surface area contributed by atoms with Gasteiger partial charge < -0.3 is 25.4 Å². The number of aliphatic carboxylic acids is 1. The van der Waals surface area contributed by atoms with Crippen molar-refractivity contribution < 1.29 is 24.5 Å². The number of ether oxygens (including phenoxy) is 1. The van der Waals surface area contributed by atoms with Crippen LogP contribution in [0.4, 0.5) is 0 Å². The molecule has 1 amide bonds. The van der Waals surface area contributed by atoms with Crippen LogP contribution in [0.2, 0.25) is 6.32 Å². The molecule has 1 heterocycles. The van der Waals surface area contributed by atoms with Crippen molar-refractivity contribution in [2.24, 2.45) is 0 Å². The van der Waals surface area contributed by atoms with Crippen LogP contribution in [0.3, 0.4) is 0 Å². The first-order valence-corrected chi connectivity index (χ1v) is 6.31. The molecule has 4 unspecified atom stereocenters. The third-order valence-electron chi connectivity index (χ3n) is 3.33. The molecular weight excluding hydrogens is 250 g/mol. The van der Waals surface area contributed by atoms with Gasteiger partial charge in [-0.3, -0.25) is 4.79 Å². The predicted molar refractivity (Wildman–Crippen MR) is 72.8 cm³/mol. The first kappa shape index (κ1) is 16.0. The molecule has 9 heteroatoms. The third-order valence-corrected chi connectivity index (χ3v) is 3.33. The van der Waals surface area contributed by atoms with E-state index in [1.807, 2.05) is 0 Å². The highest BCUT2D eigenvalue weighted by Crippen LogP contribution is 2.31. The highest BCUT2D eigenvalue weighted by atomic mass is 16.5. The predicted octanol–water partition coefficient (Wildman–Crippen LogP) is -2.61. The number of carbonyl (C=O) groups excluding carboxylic acids is 1. The smallest absolute Gasteiger partial charge is 0.335 e. The highest BCUT2D eigenvalue weighted by Gasteiger charge is 2.48. The van der Waals surface area contributed by atoms with Crippen LogP contribution in [-0.2, 0) is 14.3 Å². The Morgan fingerprint density at radius 3 is 2.68 bits per heavy atom. The van der Waals surface area contributed by atoms with Gasteiger partial charge in [0.05, 0.1) is 18.2 Å². The second-order valence-corrected chi connectivity index (χ2v) is 5.08. The molecule has 0 aromatic heterocycles. The second-order valence-electron chi connectivity index (χ2n) is 5.08. The second kappa shape index (κ2) is 6.40. The van der Waals surface area contributed by atoms with Crippen molar-refractivity contribution in [3.63, 3.8) is 0 Å². The summed E-state index contributed by atoms with van der Waals surface area (Å²) in [4.78, 5) is 22.4. The van der Waals surface area contributed by atoms with Gasteiger partial charge in [-0.2, -0.15) is 0 Å². The number of hydrogen-bond donors (Lipinski definition) is 4. The van der Waals surface area contributed by atoms with Crippen molar-refractivity contribution in [1.29, 1.82) is 0 Å². The summed E-state index contributed by atoms with van der Waals surface area (Å²) < 4.78 is 5.61. The van der Waals surface area contributed by atoms with E-state index in [-0.39, 0.29) is 12.3 Å². The maximum Gasteiger partial charge on any atom is 0.335 e. The van der Waals surface area contributed by atoms with Crippen LogP contribution in [0.5, 0.6) is 0 Å². The van der Waals surface area contributed by atoms with E-state index in [1.54, 1.807) is 7.98 Å². The average molecular weight is 270 g/mol. The fraction of sp³-hybridized carbons (Fsp3) is 0.800. The van der Waals surface area contributed by atoms with E-state index >= 15 is 0 Å². The Morgan fingerprint density at radius 2 is 2.21 bits per heavy atom. The monoisotopic (exact) mass is 270 g/mol. The summed E-state index contributed by atoms with van der Waals surface area (Å²) in [7, 11) is 2.37. The Labute approximate surface area is 113 Å². The Kier molecular flexibility index (Phi) is 5.39. The molecule has 0 aliphatic carbocycles. The molecule has 7 nitrogen and oxygen atoms in total. The molecule has 0 bridgehead atoms. The summed E-state index contributed by atoms with van der Waals surface area (Å²) in [5.74, 6) is -1.39. The third kappa shape index (κ3) is 3.95. The molecule has 0 saturated carbocycles. The quantitative estimate of drug-likeness (QED) is 0.408. The summed E-state index contributed by atoms with van der Waals surface area (Å²) >= 11 is 0. The van der Waals surface area contributed by atoms with Crippen LogP contribution in [0, 0.1) is 0 Å². The number of nitrogens with one attached hydrogen (secondary N) is 2. The van der Waals surface area contributed by atoms with E-state index < -0.39 is 29.8 Å². The van der Waals surface area contributed by atoms with Gasteiger partial charge in [0.2, 0.25) is 5.91 Å². The van der Waals surface area contributed by atoms with Gasteiger partial charge >= 0.3 is 5.97 Å². The normalized spacial score (nSPS) is 34.6. The largest absolute Gasteiger partial charge is 0.479 e. The lowest BCUT2D eigenvalue weighted by atomic mass is 9.77. The average Bonchev–Trinajstić information content (AvgIpc) is 2.30. The van der Waals surface area contributed by atoms with Gasteiger partial charge in [0, 0.05) is 13.3 Å². The molecule has 0 aromatic rings. The molecule has 19 heavy (non-hydrogen) atoms. The maximum atomic E-state index is 11.2. The number of carboxylic acid groups (broad SMARTS) is 1. The van der Waals surface area contributed by atoms with Gasteiger partial charge in [0.25, 0.3) is 0 Å².